The van der Waals surface area contributed by atoms with Gasteiger partial charge in [0.05, 0.1) is 19.3 Å². The van der Waals surface area contributed by atoms with Gasteiger partial charge in [-0.05, 0) is 38.5 Å². The van der Waals surface area contributed by atoms with E-state index < -0.39 is 0 Å². The van der Waals surface area contributed by atoms with Crippen LogP contribution in [0.25, 0.3) is 0 Å². The lowest BCUT2D eigenvalue weighted by Gasteiger charge is -2.36. The molecule has 0 bridgehead atoms. The molecule has 0 aromatic carbocycles. The number of hydrogen-bond acceptors (Lipinski definition) is 4. The number of ether oxygens (including phenoxy) is 1. The second-order valence-corrected chi connectivity index (χ2v) is 9.53. The fourth-order valence-corrected chi connectivity index (χ4v) is 5.46. The minimum absolute atomic E-state index is 0.223. The van der Waals surface area contributed by atoms with Crippen LogP contribution in [0.2, 0.25) is 0 Å². The molecule has 4 aliphatic rings. The van der Waals surface area contributed by atoms with Crippen LogP contribution >= 0.6 is 0 Å². The van der Waals surface area contributed by atoms with Gasteiger partial charge in [-0.3, -0.25) is 14.5 Å². The first-order valence-electron chi connectivity index (χ1n) is 12.1. The van der Waals surface area contributed by atoms with Gasteiger partial charge in [-0.1, -0.05) is 25.7 Å². The molecule has 2 aliphatic carbocycles. The molecular weight excluding hydrogens is 366 g/mol. The molecule has 2 heterocycles. The van der Waals surface area contributed by atoms with Crippen LogP contribution in [-0.2, 0) is 14.3 Å². The van der Waals surface area contributed by atoms with Gasteiger partial charge in [-0.15, -0.1) is 0 Å². The van der Waals surface area contributed by atoms with E-state index in [1.165, 1.54) is 25.7 Å². The zero-order valence-corrected chi connectivity index (χ0v) is 18.0. The Morgan fingerprint density at radius 2 is 1.59 bits per heavy atom. The highest BCUT2D eigenvalue weighted by molar-refractivity contribution is 5.81. The fraction of sp³-hybridized carbons (Fsp3) is 0.913. The molecule has 0 aromatic rings. The summed E-state index contributed by atoms with van der Waals surface area (Å²) in [7, 11) is 0. The molecule has 6 nitrogen and oxygen atoms in total. The van der Waals surface area contributed by atoms with E-state index in [-0.39, 0.29) is 17.9 Å². The summed E-state index contributed by atoms with van der Waals surface area (Å²) in [6.07, 6.45) is 11.1. The molecule has 29 heavy (non-hydrogen) atoms. The maximum absolute atomic E-state index is 13.2. The highest BCUT2D eigenvalue weighted by Crippen LogP contribution is 2.31. The summed E-state index contributed by atoms with van der Waals surface area (Å²) >= 11 is 0. The normalized spacial score (nSPS) is 27.0. The molecule has 2 saturated heterocycles. The Kier molecular flexibility index (Phi) is 7.46. The summed E-state index contributed by atoms with van der Waals surface area (Å²) in [5, 5.41) is 0. The zero-order chi connectivity index (χ0) is 20.1. The minimum atomic E-state index is 0.223. The first-order valence-corrected chi connectivity index (χ1v) is 12.1. The van der Waals surface area contributed by atoms with E-state index in [1.54, 1.807) is 0 Å². The van der Waals surface area contributed by atoms with Gasteiger partial charge in [0.2, 0.25) is 11.8 Å². The van der Waals surface area contributed by atoms with E-state index in [4.69, 9.17) is 4.74 Å². The van der Waals surface area contributed by atoms with Crippen LogP contribution in [-0.4, -0.2) is 85.0 Å². The number of nitrogens with zero attached hydrogens (tertiary/aromatic N) is 3. The van der Waals surface area contributed by atoms with Crippen LogP contribution in [0.3, 0.4) is 0 Å². The van der Waals surface area contributed by atoms with Gasteiger partial charge in [0.25, 0.3) is 0 Å². The lowest BCUT2D eigenvalue weighted by atomic mass is 9.84. The molecule has 164 valence electrons. The summed E-state index contributed by atoms with van der Waals surface area (Å²) in [5.74, 6) is 1.19. The van der Waals surface area contributed by atoms with E-state index in [0.717, 1.165) is 91.0 Å². The number of carbonyl (C=O) groups excluding carboxylic acids is 2. The second kappa shape index (κ2) is 10.3. The van der Waals surface area contributed by atoms with Gasteiger partial charge >= 0.3 is 0 Å². The molecule has 2 aliphatic heterocycles. The predicted molar refractivity (Wildman–Crippen MR) is 112 cm³/mol. The van der Waals surface area contributed by atoms with Crippen molar-refractivity contribution in [3.8, 4) is 0 Å². The third kappa shape index (κ3) is 5.32. The van der Waals surface area contributed by atoms with Crippen molar-refractivity contribution in [2.45, 2.75) is 70.3 Å². The third-order valence-corrected chi connectivity index (χ3v) is 7.58. The summed E-state index contributed by atoms with van der Waals surface area (Å²) in [4.78, 5) is 32.8. The van der Waals surface area contributed by atoms with E-state index in [0.29, 0.717) is 11.8 Å². The van der Waals surface area contributed by atoms with Crippen molar-refractivity contribution in [1.29, 1.82) is 0 Å². The zero-order valence-electron chi connectivity index (χ0n) is 18.0. The molecule has 0 N–H and O–H groups in total. The largest absolute Gasteiger partial charge is 0.379 e. The molecule has 0 spiro atoms. The van der Waals surface area contributed by atoms with Crippen molar-refractivity contribution in [3.63, 3.8) is 0 Å². The van der Waals surface area contributed by atoms with Crippen LogP contribution in [0, 0.1) is 11.8 Å². The molecule has 6 heteroatoms. The maximum atomic E-state index is 13.2. The topological polar surface area (TPSA) is 53.1 Å². The fourth-order valence-electron chi connectivity index (χ4n) is 5.46. The Hall–Kier alpha value is -1.14. The number of amides is 2. The Morgan fingerprint density at radius 3 is 2.28 bits per heavy atom. The number of rotatable bonds is 7. The molecule has 0 aromatic heterocycles. The van der Waals surface area contributed by atoms with Crippen molar-refractivity contribution < 1.29 is 14.3 Å². The van der Waals surface area contributed by atoms with Crippen LogP contribution < -0.4 is 0 Å². The average molecular weight is 406 g/mol. The Morgan fingerprint density at radius 1 is 0.862 bits per heavy atom. The standard InChI is InChI=1S/C23H39N3O3/c27-22(19-6-2-1-3-7-19)25-13-10-21(18-25)26(23(28)20-8-4-9-20)12-5-11-24-14-16-29-17-15-24/h19-21H,1-18H2. The predicted octanol–water partition coefficient (Wildman–Crippen LogP) is 2.52. The monoisotopic (exact) mass is 405 g/mol. The summed E-state index contributed by atoms with van der Waals surface area (Å²) in [6.45, 7) is 7.12. The van der Waals surface area contributed by atoms with Gasteiger partial charge in [0, 0.05) is 51.1 Å². The van der Waals surface area contributed by atoms with Crippen molar-refractivity contribution in [3.05, 3.63) is 0 Å². The summed E-state index contributed by atoms with van der Waals surface area (Å²) in [6, 6.07) is 0.223. The smallest absolute Gasteiger partial charge is 0.225 e. The van der Waals surface area contributed by atoms with Gasteiger partial charge in [0.1, 0.15) is 0 Å². The Balaban J connectivity index is 1.31. The highest BCUT2D eigenvalue weighted by atomic mass is 16.5. The molecule has 4 fully saturated rings. The van der Waals surface area contributed by atoms with Gasteiger partial charge in [-0.2, -0.15) is 0 Å². The van der Waals surface area contributed by atoms with Crippen molar-refractivity contribution >= 4 is 11.8 Å². The van der Waals surface area contributed by atoms with Crippen molar-refractivity contribution in [2.24, 2.45) is 11.8 Å². The number of likely N-dealkylation sites (tertiary alicyclic amines) is 1. The highest BCUT2D eigenvalue weighted by Gasteiger charge is 2.38. The molecule has 1 unspecified atom stereocenters. The molecule has 1 atom stereocenters. The number of carbonyl (C=O) groups is 2. The van der Waals surface area contributed by atoms with Crippen molar-refractivity contribution in [2.75, 3.05) is 52.5 Å². The lowest BCUT2D eigenvalue weighted by Crippen LogP contribution is -2.48. The second-order valence-electron chi connectivity index (χ2n) is 9.53. The van der Waals surface area contributed by atoms with E-state index in [1.807, 2.05) is 0 Å². The first-order chi connectivity index (χ1) is 14.2. The third-order valence-electron chi connectivity index (χ3n) is 7.58. The maximum Gasteiger partial charge on any atom is 0.225 e. The first kappa shape index (κ1) is 21.1. The summed E-state index contributed by atoms with van der Waals surface area (Å²) < 4.78 is 5.44. The SMILES string of the molecule is O=C(C1CCCCC1)N1CCC(N(CCCN2CCOCC2)C(=O)C2CCC2)C1. The summed E-state index contributed by atoms with van der Waals surface area (Å²) in [5.41, 5.74) is 0. The Labute approximate surface area is 175 Å². The van der Waals surface area contributed by atoms with Gasteiger partial charge in [-0.25, -0.2) is 0 Å². The van der Waals surface area contributed by atoms with Crippen LogP contribution in [0.5, 0.6) is 0 Å². The average Bonchev–Trinajstić information content (AvgIpc) is 3.20. The quantitative estimate of drug-likeness (QED) is 0.653. The van der Waals surface area contributed by atoms with Crippen LogP contribution in [0.1, 0.15) is 64.2 Å². The van der Waals surface area contributed by atoms with Crippen LogP contribution in [0.15, 0.2) is 0 Å². The van der Waals surface area contributed by atoms with Gasteiger partial charge in [0.15, 0.2) is 0 Å². The molecule has 4 rings (SSSR count). The van der Waals surface area contributed by atoms with E-state index in [9.17, 15) is 9.59 Å². The molecule has 2 saturated carbocycles. The van der Waals surface area contributed by atoms with Crippen molar-refractivity contribution in [1.82, 2.24) is 14.7 Å². The molecular formula is C23H39N3O3. The number of morpholine rings is 1. The van der Waals surface area contributed by atoms with Crippen LogP contribution in [0.4, 0.5) is 0 Å². The molecule has 0 radical (unpaired) electrons. The number of hydrogen-bond donors (Lipinski definition) is 0. The molecule has 2 amide bonds. The minimum Gasteiger partial charge on any atom is -0.379 e. The lowest BCUT2D eigenvalue weighted by molar-refractivity contribution is -0.142. The van der Waals surface area contributed by atoms with E-state index in [2.05, 4.69) is 14.7 Å². The Bertz CT molecular complexity index is 554. The van der Waals surface area contributed by atoms with E-state index >= 15 is 0 Å². The van der Waals surface area contributed by atoms with Gasteiger partial charge < -0.3 is 14.5 Å².